The number of carbonyl (C=O) groups excluding carboxylic acids is 1. The molecule has 5 nitrogen and oxygen atoms in total. The SMILES string of the molecule is COCCN(CCCl)C(=O)c1cc(OC)ccc1OC. The minimum Gasteiger partial charge on any atom is -0.497 e. The van der Waals surface area contributed by atoms with Crippen LogP contribution in [0.2, 0.25) is 0 Å². The summed E-state index contributed by atoms with van der Waals surface area (Å²) < 4.78 is 15.4. The van der Waals surface area contributed by atoms with Crippen LogP contribution >= 0.6 is 11.6 Å². The Morgan fingerprint density at radius 2 is 1.95 bits per heavy atom. The first kappa shape index (κ1) is 16.6. The lowest BCUT2D eigenvalue weighted by molar-refractivity contribution is 0.0704. The Bertz CT molecular complexity index is 439. The predicted molar refractivity (Wildman–Crippen MR) is 78.0 cm³/mol. The number of nitrogens with zero attached hydrogens (tertiary/aromatic N) is 1. The van der Waals surface area contributed by atoms with E-state index in [2.05, 4.69) is 0 Å². The van der Waals surface area contributed by atoms with Crippen LogP contribution < -0.4 is 9.47 Å². The van der Waals surface area contributed by atoms with Gasteiger partial charge >= 0.3 is 0 Å². The molecule has 112 valence electrons. The summed E-state index contributed by atoms with van der Waals surface area (Å²) in [6.45, 7) is 1.38. The largest absolute Gasteiger partial charge is 0.497 e. The summed E-state index contributed by atoms with van der Waals surface area (Å²) in [6, 6.07) is 5.12. The van der Waals surface area contributed by atoms with Gasteiger partial charge in [-0.25, -0.2) is 0 Å². The molecule has 1 rings (SSSR count). The average molecular weight is 302 g/mol. The number of rotatable bonds is 8. The van der Waals surface area contributed by atoms with Gasteiger partial charge in [0.05, 0.1) is 26.4 Å². The van der Waals surface area contributed by atoms with E-state index in [1.807, 2.05) is 0 Å². The Balaban J connectivity index is 3.02. The number of carbonyl (C=O) groups is 1. The molecule has 1 aromatic carbocycles. The van der Waals surface area contributed by atoms with Gasteiger partial charge in [-0.15, -0.1) is 11.6 Å². The normalized spacial score (nSPS) is 10.2. The van der Waals surface area contributed by atoms with Crippen molar-refractivity contribution in [2.75, 3.05) is 46.9 Å². The van der Waals surface area contributed by atoms with Crippen molar-refractivity contribution in [3.05, 3.63) is 23.8 Å². The molecule has 0 aliphatic heterocycles. The predicted octanol–water partition coefficient (Wildman–Crippen LogP) is 2.03. The number of methoxy groups -OCH3 is 3. The number of amides is 1. The van der Waals surface area contributed by atoms with Crippen molar-refractivity contribution in [3.63, 3.8) is 0 Å². The number of hydrogen-bond acceptors (Lipinski definition) is 4. The van der Waals surface area contributed by atoms with Gasteiger partial charge in [-0.3, -0.25) is 4.79 Å². The van der Waals surface area contributed by atoms with Gasteiger partial charge in [-0.2, -0.15) is 0 Å². The Labute approximate surface area is 124 Å². The smallest absolute Gasteiger partial charge is 0.257 e. The van der Waals surface area contributed by atoms with Crippen molar-refractivity contribution >= 4 is 17.5 Å². The molecule has 0 spiro atoms. The van der Waals surface area contributed by atoms with Crippen LogP contribution in [0.3, 0.4) is 0 Å². The quantitative estimate of drug-likeness (QED) is 0.689. The van der Waals surface area contributed by atoms with E-state index in [9.17, 15) is 4.79 Å². The molecule has 0 aliphatic rings. The summed E-state index contributed by atoms with van der Waals surface area (Å²) in [5.41, 5.74) is 0.452. The fraction of sp³-hybridized carbons (Fsp3) is 0.500. The highest BCUT2D eigenvalue weighted by Gasteiger charge is 2.20. The summed E-state index contributed by atoms with van der Waals surface area (Å²) in [4.78, 5) is 14.2. The fourth-order valence-electron chi connectivity index (χ4n) is 1.77. The van der Waals surface area contributed by atoms with E-state index in [1.54, 1.807) is 37.3 Å². The van der Waals surface area contributed by atoms with Crippen LogP contribution in [0, 0.1) is 0 Å². The topological polar surface area (TPSA) is 48.0 Å². The second-order valence-corrected chi connectivity index (χ2v) is 4.42. The lowest BCUT2D eigenvalue weighted by Crippen LogP contribution is -2.35. The number of halogens is 1. The Morgan fingerprint density at radius 3 is 2.50 bits per heavy atom. The molecule has 0 aromatic heterocycles. The fourth-order valence-corrected chi connectivity index (χ4v) is 1.97. The van der Waals surface area contributed by atoms with Gasteiger partial charge in [0.15, 0.2) is 0 Å². The van der Waals surface area contributed by atoms with E-state index in [-0.39, 0.29) is 5.91 Å². The van der Waals surface area contributed by atoms with Crippen LogP contribution in [0.1, 0.15) is 10.4 Å². The lowest BCUT2D eigenvalue weighted by atomic mass is 10.1. The zero-order valence-electron chi connectivity index (χ0n) is 12.0. The van der Waals surface area contributed by atoms with Gasteiger partial charge in [0.25, 0.3) is 5.91 Å². The Morgan fingerprint density at radius 1 is 1.20 bits per heavy atom. The van der Waals surface area contributed by atoms with Crippen LogP contribution in [0.15, 0.2) is 18.2 Å². The van der Waals surface area contributed by atoms with E-state index < -0.39 is 0 Å². The zero-order chi connectivity index (χ0) is 15.0. The molecule has 0 N–H and O–H groups in total. The van der Waals surface area contributed by atoms with Crippen molar-refractivity contribution in [3.8, 4) is 11.5 Å². The monoisotopic (exact) mass is 301 g/mol. The molecule has 0 unspecified atom stereocenters. The first-order chi connectivity index (χ1) is 9.67. The molecule has 0 fully saturated rings. The molecule has 0 atom stereocenters. The van der Waals surface area contributed by atoms with Gasteiger partial charge in [0, 0.05) is 26.1 Å². The van der Waals surface area contributed by atoms with E-state index >= 15 is 0 Å². The summed E-state index contributed by atoms with van der Waals surface area (Å²) in [6.07, 6.45) is 0. The lowest BCUT2D eigenvalue weighted by Gasteiger charge is -2.22. The van der Waals surface area contributed by atoms with Gasteiger partial charge in [0.1, 0.15) is 11.5 Å². The van der Waals surface area contributed by atoms with Crippen molar-refractivity contribution < 1.29 is 19.0 Å². The number of ether oxygens (including phenoxy) is 3. The molecule has 0 saturated carbocycles. The van der Waals surface area contributed by atoms with E-state index in [0.29, 0.717) is 42.6 Å². The highest BCUT2D eigenvalue weighted by molar-refractivity contribution is 6.18. The van der Waals surface area contributed by atoms with E-state index in [4.69, 9.17) is 25.8 Å². The zero-order valence-corrected chi connectivity index (χ0v) is 12.8. The third kappa shape index (κ3) is 4.28. The molecule has 0 radical (unpaired) electrons. The van der Waals surface area contributed by atoms with Crippen LogP contribution in [-0.2, 0) is 4.74 Å². The van der Waals surface area contributed by atoms with Crippen LogP contribution in [-0.4, -0.2) is 57.7 Å². The van der Waals surface area contributed by atoms with Crippen molar-refractivity contribution in [1.82, 2.24) is 4.90 Å². The van der Waals surface area contributed by atoms with Crippen LogP contribution in [0.5, 0.6) is 11.5 Å². The van der Waals surface area contributed by atoms with Crippen molar-refractivity contribution in [2.45, 2.75) is 0 Å². The van der Waals surface area contributed by atoms with E-state index in [0.717, 1.165) is 0 Å². The van der Waals surface area contributed by atoms with E-state index in [1.165, 1.54) is 7.11 Å². The summed E-state index contributed by atoms with van der Waals surface area (Å²) >= 11 is 5.75. The molecule has 20 heavy (non-hydrogen) atoms. The first-order valence-electron chi connectivity index (χ1n) is 6.24. The van der Waals surface area contributed by atoms with Gasteiger partial charge < -0.3 is 19.1 Å². The first-order valence-corrected chi connectivity index (χ1v) is 6.77. The number of benzene rings is 1. The second kappa shape index (κ2) is 8.66. The average Bonchev–Trinajstić information content (AvgIpc) is 2.50. The molecular weight excluding hydrogens is 282 g/mol. The highest BCUT2D eigenvalue weighted by Crippen LogP contribution is 2.25. The summed E-state index contributed by atoms with van der Waals surface area (Å²) in [7, 11) is 4.67. The minimum atomic E-state index is -0.154. The molecule has 1 amide bonds. The standard InChI is InChI=1S/C14H20ClNO4/c1-18-9-8-16(7-6-15)14(17)12-10-11(19-2)4-5-13(12)20-3/h4-5,10H,6-9H2,1-3H3. The second-order valence-electron chi connectivity index (χ2n) is 4.04. The number of hydrogen-bond donors (Lipinski definition) is 0. The van der Waals surface area contributed by atoms with Crippen molar-refractivity contribution in [2.24, 2.45) is 0 Å². The molecule has 0 heterocycles. The molecule has 1 aromatic rings. The highest BCUT2D eigenvalue weighted by atomic mass is 35.5. The van der Waals surface area contributed by atoms with Crippen LogP contribution in [0.25, 0.3) is 0 Å². The van der Waals surface area contributed by atoms with Gasteiger partial charge in [0.2, 0.25) is 0 Å². The minimum absolute atomic E-state index is 0.154. The molecule has 6 heteroatoms. The third-order valence-corrected chi connectivity index (χ3v) is 3.01. The summed E-state index contributed by atoms with van der Waals surface area (Å²) in [5, 5.41) is 0. The molecule has 0 bridgehead atoms. The maximum atomic E-state index is 12.6. The van der Waals surface area contributed by atoms with Crippen LogP contribution in [0.4, 0.5) is 0 Å². The molecule has 0 aliphatic carbocycles. The van der Waals surface area contributed by atoms with Gasteiger partial charge in [-0.05, 0) is 18.2 Å². The Hall–Kier alpha value is -1.46. The maximum absolute atomic E-state index is 12.6. The summed E-state index contributed by atoms with van der Waals surface area (Å²) in [5.74, 6) is 1.32. The van der Waals surface area contributed by atoms with Gasteiger partial charge in [-0.1, -0.05) is 0 Å². The van der Waals surface area contributed by atoms with Crippen molar-refractivity contribution in [1.29, 1.82) is 0 Å². The maximum Gasteiger partial charge on any atom is 0.257 e. The third-order valence-electron chi connectivity index (χ3n) is 2.84. The Kier molecular flexibility index (Phi) is 7.18. The number of alkyl halides is 1. The molecule has 0 saturated heterocycles. The molecular formula is C14H20ClNO4.